The minimum Gasteiger partial charge on any atom is -0.460 e. The molecule has 0 saturated heterocycles. The van der Waals surface area contributed by atoms with Crippen LogP contribution >= 0.6 is 0 Å². The Bertz CT molecular complexity index is 1070. The van der Waals surface area contributed by atoms with Crippen molar-refractivity contribution < 1.29 is 79.1 Å². The highest BCUT2D eigenvalue weighted by molar-refractivity contribution is 5.85. The van der Waals surface area contributed by atoms with Gasteiger partial charge in [-0.3, -0.25) is 24.0 Å². The van der Waals surface area contributed by atoms with Crippen LogP contribution in [-0.4, -0.2) is 163 Å². The molecule has 8 atom stereocenters. The highest BCUT2D eigenvalue weighted by Gasteiger charge is 2.38. The van der Waals surface area contributed by atoms with E-state index in [2.05, 4.69) is 16.0 Å². The molecule has 3 amide bonds. The summed E-state index contributed by atoms with van der Waals surface area (Å²) in [6.07, 6.45) is -15.3. The van der Waals surface area contributed by atoms with Gasteiger partial charge in [0.2, 0.25) is 0 Å². The lowest BCUT2D eigenvalue weighted by Crippen LogP contribution is -2.53. The van der Waals surface area contributed by atoms with Gasteiger partial charge in [0.1, 0.15) is 47.8 Å². The minimum atomic E-state index is -2.13. The van der Waals surface area contributed by atoms with Gasteiger partial charge in [0.15, 0.2) is 23.8 Å². The zero-order valence-corrected chi connectivity index (χ0v) is 32.3. The molecule has 0 aromatic heterocycles. The summed E-state index contributed by atoms with van der Waals surface area (Å²) < 4.78 is 10.1. The maximum absolute atomic E-state index is 12.0. The number of aliphatic hydroxyl groups is 8. The summed E-state index contributed by atoms with van der Waals surface area (Å²) in [6.45, 7) is 12.4. The Labute approximate surface area is 315 Å². The number of carbonyl (C=O) groups excluding carboxylic acids is 6. The molecule has 0 radical (unpaired) electrons. The Hall–Kier alpha value is -3.34. The number of amides is 3. The first-order chi connectivity index (χ1) is 24.8. The number of alkyl carbamates (subject to hydrolysis) is 1. The van der Waals surface area contributed by atoms with Crippen molar-refractivity contribution in [2.24, 2.45) is 5.73 Å². The summed E-state index contributed by atoms with van der Waals surface area (Å²) in [5.41, 5.74) is 3.84. The summed E-state index contributed by atoms with van der Waals surface area (Å²) in [4.78, 5) is 70.0. The second-order valence-corrected chi connectivity index (χ2v) is 14.4. The van der Waals surface area contributed by atoms with Crippen LogP contribution in [0.2, 0.25) is 0 Å². The van der Waals surface area contributed by atoms with Gasteiger partial charge in [-0.15, -0.1) is 0 Å². The standard InChI is InChI=1S/C22H40N2O10.C12H24N2O6/c1-21(2,3)33-14(26)10-8-11-23-19(31)18(30)17(29)16(28)15(27)13(25)9-7-12-24-20(32)34-22(4,5)6;1-2-3-4-7(15)8(16)9(17)10(18)11(19)12(20)14-6-5-13/h15-18,27-30H,7-12H2,1-6H3,(H,23,31)(H,24,32);8-11,16-19H,2-6,13H2,1H3,(H,14,20)/t15-,16+,17+,18-;8-,9+,10+,11-/m00/s1. The van der Waals surface area contributed by atoms with Gasteiger partial charge in [-0.25, -0.2) is 4.79 Å². The molecule has 316 valence electrons. The summed E-state index contributed by atoms with van der Waals surface area (Å²) in [5, 5.41) is 85.1. The quantitative estimate of drug-likeness (QED) is 0.0359. The highest BCUT2D eigenvalue weighted by Crippen LogP contribution is 2.12. The fourth-order valence-electron chi connectivity index (χ4n) is 4.09. The van der Waals surface area contributed by atoms with E-state index in [9.17, 15) is 69.6 Å². The zero-order valence-electron chi connectivity index (χ0n) is 32.3. The lowest BCUT2D eigenvalue weighted by atomic mass is 9.97. The van der Waals surface area contributed by atoms with Crippen LogP contribution in [0.3, 0.4) is 0 Å². The number of nitrogens with two attached hydrogens (primary N) is 1. The maximum Gasteiger partial charge on any atom is 0.407 e. The van der Waals surface area contributed by atoms with Crippen LogP contribution in [-0.2, 0) is 33.4 Å². The minimum absolute atomic E-state index is 0.00984. The van der Waals surface area contributed by atoms with Gasteiger partial charge in [0, 0.05) is 45.4 Å². The Morgan fingerprint density at radius 3 is 1.31 bits per heavy atom. The van der Waals surface area contributed by atoms with Crippen LogP contribution in [0.4, 0.5) is 4.79 Å². The number of carbonyl (C=O) groups is 6. The highest BCUT2D eigenvalue weighted by atomic mass is 16.6. The van der Waals surface area contributed by atoms with Crippen molar-refractivity contribution in [3.8, 4) is 0 Å². The number of rotatable bonds is 23. The Balaban J connectivity index is 0. The van der Waals surface area contributed by atoms with Crippen molar-refractivity contribution >= 4 is 35.4 Å². The van der Waals surface area contributed by atoms with E-state index >= 15 is 0 Å². The number of nitrogens with one attached hydrogen (secondary N) is 3. The average Bonchev–Trinajstić information content (AvgIpc) is 3.08. The molecule has 0 bridgehead atoms. The number of ether oxygens (including phenoxy) is 2. The predicted molar refractivity (Wildman–Crippen MR) is 191 cm³/mol. The Morgan fingerprint density at radius 1 is 0.537 bits per heavy atom. The lowest BCUT2D eigenvalue weighted by Gasteiger charge is -2.25. The average molecular weight is 785 g/mol. The third-order valence-electron chi connectivity index (χ3n) is 6.96. The van der Waals surface area contributed by atoms with Gasteiger partial charge in [0.05, 0.1) is 0 Å². The van der Waals surface area contributed by atoms with E-state index in [1.54, 1.807) is 41.5 Å². The molecule has 0 aliphatic heterocycles. The molecule has 20 nitrogen and oxygen atoms in total. The molecule has 20 heteroatoms. The van der Waals surface area contributed by atoms with Crippen LogP contribution < -0.4 is 21.7 Å². The molecule has 0 saturated carbocycles. The van der Waals surface area contributed by atoms with E-state index in [0.29, 0.717) is 6.42 Å². The van der Waals surface area contributed by atoms with E-state index in [1.807, 2.05) is 6.92 Å². The van der Waals surface area contributed by atoms with Crippen molar-refractivity contribution in [1.29, 1.82) is 0 Å². The zero-order chi connectivity index (χ0) is 42.4. The van der Waals surface area contributed by atoms with Gasteiger partial charge < -0.3 is 72.0 Å². The maximum atomic E-state index is 12.0. The van der Waals surface area contributed by atoms with E-state index in [1.165, 1.54) is 0 Å². The van der Waals surface area contributed by atoms with Gasteiger partial charge in [-0.05, 0) is 60.8 Å². The fraction of sp³-hybridized carbons (Fsp3) is 0.824. The number of unbranched alkanes of at least 4 members (excludes halogenated alkanes) is 1. The number of Topliss-reactive ketones (excluding diaryl/α,β-unsaturated/α-hetero) is 2. The predicted octanol–water partition coefficient (Wildman–Crippen LogP) is -3.19. The molecule has 0 unspecified atom stereocenters. The van der Waals surface area contributed by atoms with Crippen LogP contribution in [0.15, 0.2) is 0 Å². The SMILES string of the molecule is CC(C)(C)OC(=O)CCCNC(=O)[C@@H](O)[C@H](O)[C@H](O)[C@@H](O)C(=O)CCCNC(=O)OC(C)(C)C.CCCCC(=O)[C@H](O)[C@@H](O)[C@@H](O)[C@H](O)C(=O)NCCN. The summed E-state index contributed by atoms with van der Waals surface area (Å²) in [5.74, 6) is -3.93. The number of hydrogen-bond acceptors (Lipinski definition) is 17. The van der Waals surface area contributed by atoms with E-state index in [4.69, 9.17) is 15.2 Å². The largest absolute Gasteiger partial charge is 0.460 e. The number of aliphatic hydroxyl groups excluding tert-OH is 8. The topological polar surface area (TPSA) is 345 Å². The summed E-state index contributed by atoms with van der Waals surface area (Å²) in [7, 11) is 0. The third-order valence-corrected chi connectivity index (χ3v) is 6.96. The van der Waals surface area contributed by atoms with Gasteiger partial charge in [-0.2, -0.15) is 0 Å². The molecule has 0 heterocycles. The molecule has 0 aliphatic carbocycles. The molecular formula is C34H64N4O16. The van der Waals surface area contributed by atoms with Crippen molar-refractivity contribution in [3.05, 3.63) is 0 Å². The molecule has 13 N–H and O–H groups in total. The fourth-order valence-corrected chi connectivity index (χ4v) is 4.09. The molecule has 0 aromatic rings. The molecule has 0 aliphatic rings. The first-order valence-corrected chi connectivity index (χ1v) is 17.7. The number of ketones is 2. The van der Waals surface area contributed by atoms with Gasteiger partial charge in [0.25, 0.3) is 11.8 Å². The molecule has 0 rings (SSSR count). The van der Waals surface area contributed by atoms with Crippen LogP contribution in [0.1, 0.15) is 93.4 Å². The molecule has 0 fully saturated rings. The van der Waals surface area contributed by atoms with Crippen molar-refractivity contribution in [3.63, 3.8) is 0 Å². The first kappa shape index (κ1) is 52.8. The molecule has 0 aromatic carbocycles. The van der Waals surface area contributed by atoms with Crippen LogP contribution in [0.5, 0.6) is 0 Å². The Kier molecular flexibility index (Phi) is 25.9. The van der Waals surface area contributed by atoms with Crippen molar-refractivity contribution in [2.45, 2.75) is 153 Å². The van der Waals surface area contributed by atoms with E-state index in [0.717, 1.165) is 6.42 Å². The summed E-state index contributed by atoms with van der Waals surface area (Å²) in [6, 6.07) is 0. The van der Waals surface area contributed by atoms with Crippen molar-refractivity contribution in [1.82, 2.24) is 16.0 Å². The number of esters is 1. The molecule has 0 spiro atoms. The van der Waals surface area contributed by atoms with E-state index in [-0.39, 0.29) is 58.3 Å². The number of hydrogen-bond donors (Lipinski definition) is 12. The van der Waals surface area contributed by atoms with Crippen LogP contribution in [0.25, 0.3) is 0 Å². The van der Waals surface area contributed by atoms with Gasteiger partial charge in [-0.1, -0.05) is 13.3 Å². The lowest BCUT2D eigenvalue weighted by molar-refractivity contribution is -0.155. The van der Waals surface area contributed by atoms with Gasteiger partial charge >= 0.3 is 12.1 Å². The van der Waals surface area contributed by atoms with E-state index < -0.39 is 95.5 Å². The smallest absolute Gasteiger partial charge is 0.407 e. The van der Waals surface area contributed by atoms with Crippen molar-refractivity contribution in [2.75, 3.05) is 26.2 Å². The summed E-state index contributed by atoms with van der Waals surface area (Å²) >= 11 is 0. The molecule has 54 heavy (non-hydrogen) atoms. The first-order valence-electron chi connectivity index (χ1n) is 17.7. The molecular weight excluding hydrogens is 720 g/mol. The third kappa shape index (κ3) is 23.4. The van der Waals surface area contributed by atoms with Crippen LogP contribution in [0, 0.1) is 0 Å². The monoisotopic (exact) mass is 784 g/mol. The second-order valence-electron chi connectivity index (χ2n) is 14.4. The second kappa shape index (κ2) is 26.5. The normalized spacial score (nSPS) is 16.1. The Morgan fingerprint density at radius 2 is 0.907 bits per heavy atom.